The number of hydrogen-bond acceptors (Lipinski definition) is 3. The van der Waals surface area contributed by atoms with Gasteiger partial charge in [-0.15, -0.1) is 0 Å². The molecule has 0 radical (unpaired) electrons. The van der Waals surface area contributed by atoms with E-state index in [-0.39, 0.29) is 0 Å². The minimum Gasteiger partial charge on any atom is -0.496 e. The summed E-state index contributed by atoms with van der Waals surface area (Å²) in [4.78, 5) is 7.92. The van der Waals surface area contributed by atoms with Crippen molar-refractivity contribution in [2.45, 2.75) is 20.3 Å². The van der Waals surface area contributed by atoms with Gasteiger partial charge in [0.1, 0.15) is 11.6 Å². The molecular formula is C14H18N2OS. The molecule has 0 amide bonds. The highest BCUT2D eigenvalue weighted by atomic mass is 32.1. The molecule has 0 aliphatic rings. The number of benzene rings is 1. The van der Waals surface area contributed by atoms with Crippen molar-refractivity contribution in [3.05, 3.63) is 35.3 Å². The number of H-pyrrole nitrogens is 1. The molecule has 96 valence electrons. The Balaban J connectivity index is 2.39. The lowest BCUT2D eigenvalue weighted by atomic mass is 10.1. The number of aromatic nitrogens is 2. The summed E-state index contributed by atoms with van der Waals surface area (Å²) in [6.07, 6.45) is 0.860. The average molecular weight is 262 g/mol. The Morgan fingerprint density at radius 1 is 1.33 bits per heavy atom. The van der Waals surface area contributed by atoms with Gasteiger partial charge in [0, 0.05) is 17.7 Å². The monoisotopic (exact) mass is 262 g/mol. The molecule has 3 nitrogen and oxygen atoms in total. The third-order valence-electron chi connectivity index (χ3n) is 2.95. The van der Waals surface area contributed by atoms with Gasteiger partial charge in [0.05, 0.1) is 12.8 Å². The molecule has 4 heteroatoms. The third-order valence-corrected chi connectivity index (χ3v) is 3.17. The van der Waals surface area contributed by atoms with Crippen LogP contribution in [0.4, 0.5) is 0 Å². The second-order valence-electron chi connectivity index (χ2n) is 4.32. The lowest BCUT2D eigenvalue weighted by Crippen LogP contribution is -1.90. The molecule has 0 aliphatic carbocycles. The fourth-order valence-electron chi connectivity index (χ4n) is 2.05. The maximum Gasteiger partial charge on any atom is 0.121 e. The van der Waals surface area contributed by atoms with Crippen molar-refractivity contribution in [2.75, 3.05) is 12.9 Å². The number of hydrogen-bond donors (Lipinski definition) is 2. The van der Waals surface area contributed by atoms with Crippen LogP contribution in [0.5, 0.6) is 5.75 Å². The van der Waals surface area contributed by atoms with Gasteiger partial charge in [-0.2, -0.15) is 12.6 Å². The van der Waals surface area contributed by atoms with Crippen molar-refractivity contribution in [1.82, 2.24) is 9.97 Å². The standard InChI is InChI=1S/C14H18N2OS/c1-9-8-11(4-5-12(9)17-3)14-10(2)15-13(16-14)6-7-18/h4-5,8,18H,6-7H2,1-3H3,(H,15,16). The van der Waals surface area contributed by atoms with Gasteiger partial charge in [-0.1, -0.05) is 0 Å². The van der Waals surface area contributed by atoms with Gasteiger partial charge in [0.2, 0.25) is 0 Å². The van der Waals surface area contributed by atoms with Crippen molar-refractivity contribution in [1.29, 1.82) is 0 Å². The molecule has 0 spiro atoms. The zero-order valence-electron chi connectivity index (χ0n) is 10.9. The minimum absolute atomic E-state index is 0.800. The minimum atomic E-state index is 0.800. The number of nitrogens with one attached hydrogen (secondary N) is 1. The lowest BCUT2D eigenvalue weighted by Gasteiger charge is -2.06. The van der Waals surface area contributed by atoms with Crippen LogP contribution in [0, 0.1) is 13.8 Å². The average Bonchev–Trinajstić information content (AvgIpc) is 2.71. The molecule has 0 aliphatic heterocycles. The molecular weight excluding hydrogens is 244 g/mol. The third kappa shape index (κ3) is 2.53. The van der Waals surface area contributed by atoms with E-state index in [9.17, 15) is 0 Å². The van der Waals surface area contributed by atoms with Crippen LogP contribution in [0.3, 0.4) is 0 Å². The van der Waals surface area contributed by atoms with E-state index < -0.39 is 0 Å². The highest BCUT2D eigenvalue weighted by Crippen LogP contribution is 2.27. The van der Waals surface area contributed by atoms with Gasteiger partial charge in [0.15, 0.2) is 0 Å². The van der Waals surface area contributed by atoms with E-state index in [1.807, 2.05) is 26.0 Å². The quantitative estimate of drug-likeness (QED) is 0.831. The summed E-state index contributed by atoms with van der Waals surface area (Å²) in [5, 5.41) is 0. The van der Waals surface area contributed by atoms with Crippen molar-refractivity contribution in [2.24, 2.45) is 0 Å². The number of thiol groups is 1. The topological polar surface area (TPSA) is 37.9 Å². The highest BCUT2D eigenvalue weighted by molar-refractivity contribution is 7.80. The first-order valence-corrected chi connectivity index (χ1v) is 6.60. The first-order valence-electron chi connectivity index (χ1n) is 5.97. The number of aromatic amines is 1. The summed E-state index contributed by atoms with van der Waals surface area (Å²) in [5.41, 5.74) is 4.34. The maximum absolute atomic E-state index is 5.27. The largest absolute Gasteiger partial charge is 0.496 e. The molecule has 0 bridgehead atoms. The zero-order chi connectivity index (χ0) is 13.1. The number of methoxy groups -OCH3 is 1. The molecule has 0 atom stereocenters. The first-order chi connectivity index (χ1) is 8.65. The molecule has 0 unspecified atom stereocenters. The Labute approximate surface area is 113 Å². The molecule has 0 saturated carbocycles. The second-order valence-corrected chi connectivity index (χ2v) is 4.76. The molecule has 18 heavy (non-hydrogen) atoms. The van der Waals surface area contributed by atoms with E-state index in [4.69, 9.17) is 4.74 Å². The Hall–Kier alpha value is -1.42. The van der Waals surface area contributed by atoms with Crippen molar-refractivity contribution in [3.8, 4) is 17.0 Å². The van der Waals surface area contributed by atoms with Gasteiger partial charge < -0.3 is 9.72 Å². The summed E-state index contributed by atoms with van der Waals surface area (Å²) in [5.74, 6) is 2.70. The highest BCUT2D eigenvalue weighted by Gasteiger charge is 2.10. The van der Waals surface area contributed by atoms with E-state index in [2.05, 4.69) is 28.7 Å². The SMILES string of the molecule is COc1ccc(-c2nc(CCS)[nH]c2C)cc1C. The van der Waals surface area contributed by atoms with Gasteiger partial charge in [0.25, 0.3) is 0 Å². The molecule has 2 aromatic rings. The summed E-state index contributed by atoms with van der Waals surface area (Å²) in [7, 11) is 1.69. The van der Waals surface area contributed by atoms with E-state index in [0.717, 1.165) is 46.3 Å². The van der Waals surface area contributed by atoms with Crippen molar-refractivity contribution < 1.29 is 4.74 Å². The second kappa shape index (κ2) is 5.48. The number of ether oxygens (including phenoxy) is 1. The smallest absolute Gasteiger partial charge is 0.121 e. The molecule has 0 saturated heterocycles. The van der Waals surface area contributed by atoms with Crippen LogP contribution in [0.1, 0.15) is 17.1 Å². The van der Waals surface area contributed by atoms with Crippen LogP contribution in [0.25, 0.3) is 11.3 Å². The van der Waals surface area contributed by atoms with Gasteiger partial charge in [-0.3, -0.25) is 0 Å². The number of nitrogens with zero attached hydrogens (tertiary/aromatic N) is 1. The lowest BCUT2D eigenvalue weighted by molar-refractivity contribution is 0.412. The van der Waals surface area contributed by atoms with Gasteiger partial charge in [-0.25, -0.2) is 4.98 Å². The summed E-state index contributed by atoms with van der Waals surface area (Å²) in [6, 6.07) is 6.13. The summed E-state index contributed by atoms with van der Waals surface area (Å²) < 4.78 is 5.27. The van der Waals surface area contributed by atoms with E-state index in [0.29, 0.717) is 0 Å². The van der Waals surface area contributed by atoms with Crippen LogP contribution in [0.2, 0.25) is 0 Å². The fourth-order valence-corrected chi connectivity index (χ4v) is 2.27. The van der Waals surface area contributed by atoms with E-state index >= 15 is 0 Å². The normalized spacial score (nSPS) is 10.7. The number of rotatable bonds is 4. The summed E-state index contributed by atoms with van der Waals surface area (Å²) in [6.45, 7) is 4.09. The molecule has 1 N–H and O–H groups in total. The van der Waals surface area contributed by atoms with Gasteiger partial charge in [-0.05, 0) is 43.4 Å². The first kappa shape index (κ1) is 13.0. The van der Waals surface area contributed by atoms with Crippen molar-refractivity contribution >= 4 is 12.6 Å². The molecule has 1 heterocycles. The van der Waals surface area contributed by atoms with Crippen LogP contribution in [0.15, 0.2) is 18.2 Å². The predicted octanol–water partition coefficient (Wildman–Crippen LogP) is 3.17. The maximum atomic E-state index is 5.27. The molecule has 2 rings (SSSR count). The fraction of sp³-hybridized carbons (Fsp3) is 0.357. The number of imidazole rings is 1. The van der Waals surface area contributed by atoms with Crippen molar-refractivity contribution in [3.63, 3.8) is 0 Å². The van der Waals surface area contributed by atoms with E-state index in [1.54, 1.807) is 7.11 Å². The number of aryl methyl sites for hydroxylation is 3. The molecule has 0 fully saturated rings. The summed E-state index contributed by atoms with van der Waals surface area (Å²) >= 11 is 4.23. The van der Waals surface area contributed by atoms with E-state index in [1.165, 1.54) is 0 Å². The zero-order valence-corrected chi connectivity index (χ0v) is 11.8. The Kier molecular flexibility index (Phi) is 3.97. The predicted molar refractivity (Wildman–Crippen MR) is 77.6 cm³/mol. The Morgan fingerprint density at radius 3 is 2.72 bits per heavy atom. The molecule has 1 aromatic carbocycles. The molecule has 1 aromatic heterocycles. The van der Waals surface area contributed by atoms with Crippen LogP contribution < -0.4 is 4.74 Å². The van der Waals surface area contributed by atoms with Gasteiger partial charge >= 0.3 is 0 Å². The Morgan fingerprint density at radius 2 is 2.11 bits per heavy atom. The van der Waals surface area contributed by atoms with Crippen LogP contribution in [-0.2, 0) is 6.42 Å². The van der Waals surface area contributed by atoms with Crippen LogP contribution >= 0.6 is 12.6 Å². The Bertz CT molecular complexity index is 549. The van der Waals surface area contributed by atoms with Crippen LogP contribution in [-0.4, -0.2) is 22.8 Å².